The minimum atomic E-state index is 0.0110. The van der Waals surface area contributed by atoms with Crippen LogP contribution < -0.4 is 9.64 Å². The Morgan fingerprint density at radius 1 is 1.29 bits per heavy atom. The predicted molar refractivity (Wildman–Crippen MR) is 79.3 cm³/mol. The molecule has 0 bridgehead atoms. The molecule has 1 aromatic rings. The standard InChI is InChI=1S/C15H22N4O2/c1-18(2)13-14(17-8-7-16-13)21-12-4-3-9-19(10-12)15(20)11-5-6-11/h7-8,11-12H,3-6,9-10H2,1-2H3. The van der Waals surface area contributed by atoms with Crippen molar-refractivity contribution in [3.05, 3.63) is 12.4 Å². The van der Waals surface area contributed by atoms with E-state index in [2.05, 4.69) is 9.97 Å². The first-order chi connectivity index (χ1) is 10.1. The van der Waals surface area contributed by atoms with Gasteiger partial charge in [0.05, 0.1) is 6.54 Å². The number of carbonyl (C=O) groups excluding carboxylic acids is 1. The number of hydrogen-bond donors (Lipinski definition) is 0. The average molecular weight is 290 g/mol. The highest BCUT2D eigenvalue weighted by Crippen LogP contribution is 2.32. The van der Waals surface area contributed by atoms with Gasteiger partial charge in [-0.15, -0.1) is 0 Å². The molecule has 1 saturated heterocycles. The van der Waals surface area contributed by atoms with Gasteiger partial charge in [-0.2, -0.15) is 0 Å². The highest BCUT2D eigenvalue weighted by atomic mass is 16.5. The van der Waals surface area contributed by atoms with E-state index in [9.17, 15) is 4.79 Å². The maximum atomic E-state index is 12.2. The van der Waals surface area contributed by atoms with Crippen molar-refractivity contribution >= 4 is 11.7 Å². The molecule has 2 aliphatic rings. The van der Waals surface area contributed by atoms with Crippen molar-refractivity contribution in [2.24, 2.45) is 5.92 Å². The molecule has 2 fully saturated rings. The predicted octanol–water partition coefficient (Wildman–Crippen LogP) is 1.32. The second kappa shape index (κ2) is 5.87. The van der Waals surface area contributed by atoms with Crippen LogP contribution in [0.5, 0.6) is 5.88 Å². The zero-order valence-electron chi connectivity index (χ0n) is 12.7. The van der Waals surface area contributed by atoms with Gasteiger partial charge in [-0.25, -0.2) is 9.97 Å². The molecular weight excluding hydrogens is 268 g/mol. The molecule has 2 heterocycles. The van der Waals surface area contributed by atoms with Crippen molar-refractivity contribution in [1.82, 2.24) is 14.9 Å². The molecule has 1 aliphatic carbocycles. The van der Waals surface area contributed by atoms with Crippen LogP contribution in [0.1, 0.15) is 25.7 Å². The number of rotatable bonds is 4. The first-order valence-electron chi connectivity index (χ1n) is 7.59. The molecule has 114 valence electrons. The van der Waals surface area contributed by atoms with E-state index in [0.717, 1.165) is 38.0 Å². The van der Waals surface area contributed by atoms with Crippen LogP contribution in [-0.2, 0) is 4.79 Å². The summed E-state index contributed by atoms with van der Waals surface area (Å²) in [6, 6.07) is 0. The number of likely N-dealkylation sites (tertiary alicyclic amines) is 1. The summed E-state index contributed by atoms with van der Waals surface area (Å²) in [5.41, 5.74) is 0. The number of carbonyl (C=O) groups is 1. The number of aromatic nitrogens is 2. The summed E-state index contributed by atoms with van der Waals surface area (Å²) in [7, 11) is 3.83. The van der Waals surface area contributed by atoms with E-state index in [1.54, 1.807) is 12.4 Å². The molecule has 1 unspecified atom stereocenters. The zero-order chi connectivity index (χ0) is 14.8. The fourth-order valence-corrected chi connectivity index (χ4v) is 2.69. The van der Waals surface area contributed by atoms with Crippen LogP contribution in [0, 0.1) is 5.92 Å². The van der Waals surface area contributed by atoms with E-state index in [0.29, 0.717) is 18.3 Å². The summed E-state index contributed by atoms with van der Waals surface area (Å²) in [6.45, 7) is 1.52. The minimum Gasteiger partial charge on any atom is -0.470 e. The van der Waals surface area contributed by atoms with Crippen LogP contribution in [0.25, 0.3) is 0 Å². The van der Waals surface area contributed by atoms with Gasteiger partial charge in [-0.1, -0.05) is 0 Å². The Balaban J connectivity index is 1.66. The van der Waals surface area contributed by atoms with Gasteiger partial charge in [0.1, 0.15) is 6.10 Å². The van der Waals surface area contributed by atoms with Crippen LogP contribution >= 0.6 is 0 Å². The monoisotopic (exact) mass is 290 g/mol. The van der Waals surface area contributed by atoms with Gasteiger partial charge in [-0.3, -0.25) is 4.79 Å². The number of ether oxygens (including phenoxy) is 1. The maximum Gasteiger partial charge on any atom is 0.257 e. The Morgan fingerprint density at radius 3 is 2.76 bits per heavy atom. The molecule has 0 aromatic carbocycles. The summed E-state index contributed by atoms with van der Waals surface area (Å²) in [5, 5.41) is 0. The summed E-state index contributed by atoms with van der Waals surface area (Å²) < 4.78 is 6.02. The maximum absolute atomic E-state index is 12.2. The molecule has 6 nitrogen and oxygen atoms in total. The zero-order valence-corrected chi connectivity index (χ0v) is 12.7. The second-order valence-electron chi connectivity index (χ2n) is 6.02. The smallest absolute Gasteiger partial charge is 0.257 e. The second-order valence-corrected chi connectivity index (χ2v) is 6.02. The molecule has 21 heavy (non-hydrogen) atoms. The topological polar surface area (TPSA) is 58.6 Å². The molecule has 3 rings (SSSR count). The molecule has 1 amide bonds. The number of piperidine rings is 1. The number of hydrogen-bond acceptors (Lipinski definition) is 5. The van der Waals surface area contributed by atoms with Crippen LogP contribution in [-0.4, -0.2) is 54.1 Å². The molecular formula is C15H22N4O2. The molecule has 1 saturated carbocycles. The molecule has 0 radical (unpaired) electrons. The number of amides is 1. The van der Waals surface area contributed by atoms with Gasteiger partial charge in [0.15, 0.2) is 5.82 Å². The van der Waals surface area contributed by atoms with Crippen LogP contribution in [0.15, 0.2) is 12.4 Å². The molecule has 0 N–H and O–H groups in total. The Hall–Kier alpha value is -1.85. The number of anilines is 1. The van der Waals surface area contributed by atoms with Crippen molar-refractivity contribution in [3.8, 4) is 5.88 Å². The Bertz CT molecular complexity index is 516. The average Bonchev–Trinajstić information content (AvgIpc) is 3.32. The Morgan fingerprint density at radius 2 is 2.05 bits per heavy atom. The molecule has 6 heteroatoms. The van der Waals surface area contributed by atoms with Gasteiger partial charge in [0.2, 0.25) is 5.91 Å². The van der Waals surface area contributed by atoms with Crippen molar-refractivity contribution in [2.75, 3.05) is 32.1 Å². The lowest BCUT2D eigenvalue weighted by atomic mass is 10.1. The lowest BCUT2D eigenvalue weighted by molar-refractivity contribution is -0.135. The van der Waals surface area contributed by atoms with Gasteiger partial charge < -0.3 is 14.5 Å². The lowest BCUT2D eigenvalue weighted by Gasteiger charge is -2.33. The van der Waals surface area contributed by atoms with Gasteiger partial charge in [0, 0.05) is 39.0 Å². The molecule has 0 spiro atoms. The van der Waals surface area contributed by atoms with Crippen LogP contribution in [0.3, 0.4) is 0 Å². The van der Waals surface area contributed by atoms with Crippen molar-refractivity contribution in [1.29, 1.82) is 0 Å². The quantitative estimate of drug-likeness (QED) is 0.837. The number of nitrogens with zero attached hydrogens (tertiary/aromatic N) is 4. The van der Waals surface area contributed by atoms with Gasteiger partial charge in [-0.05, 0) is 25.7 Å². The lowest BCUT2D eigenvalue weighted by Crippen LogP contribution is -2.45. The third kappa shape index (κ3) is 3.25. The van der Waals surface area contributed by atoms with Crippen molar-refractivity contribution in [2.45, 2.75) is 31.8 Å². The SMILES string of the molecule is CN(C)c1nccnc1OC1CCCN(C(=O)C2CC2)C1. The van der Waals surface area contributed by atoms with Crippen LogP contribution in [0.4, 0.5) is 5.82 Å². The fourth-order valence-electron chi connectivity index (χ4n) is 2.69. The third-order valence-corrected chi connectivity index (χ3v) is 3.96. The summed E-state index contributed by atoms with van der Waals surface area (Å²) in [5.74, 6) is 1.85. The highest BCUT2D eigenvalue weighted by Gasteiger charge is 2.36. The van der Waals surface area contributed by atoms with E-state index in [1.807, 2.05) is 23.9 Å². The van der Waals surface area contributed by atoms with E-state index in [1.165, 1.54) is 0 Å². The van der Waals surface area contributed by atoms with E-state index >= 15 is 0 Å². The van der Waals surface area contributed by atoms with Crippen LogP contribution in [0.2, 0.25) is 0 Å². The third-order valence-electron chi connectivity index (χ3n) is 3.96. The van der Waals surface area contributed by atoms with Gasteiger partial charge >= 0.3 is 0 Å². The van der Waals surface area contributed by atoms with E-state index in [4.69, 9.17) is 4.74 Å². The first-order valence-corrected chi connectivity index (χ1v) is 7.59. The van der Waals surface area contributed by atoms with Gasteiger partial charge in [0.25, 0.3) is 5.88 Å². The molecule has 1 atom stereocenters. The highest BCUT2D eigenvalue weighted by molar-refractivity contribution is 5.81. The normalized spacial score (nSPS) is 22.0. The largest absolute Gasteiger partial charge is 0.470 e. The Labute approximate surface area is 125 Å². The van der Waals surface area contributed by atoms with Crippen molar-refractivity contribution in [3.63, 3.8) is 0 Å². The molecule has 1 aromatic heterocycles. The van der Waals surface area contributed by atoms with E-state index in [-0.39, 0.29) is 12.0 Å². The summed E-state index contributed by atoms with van der Waals surface area (Å²) in [6.07, 6.45) is 7.35. The molecule has 1 aliphatic heterocycles. The summed E-state index contributed by atoms with van der Waals surface area (Å²) in [4.78, 5) is 24.6. The first kappa shape index (κ1) is 14.1. The minimum absolute atomic E-state index is 0.0110. The Kier molecular flexibility index (Phi) is 3.94. The van der Waals surface area contributed by atoms with Crippen molar-refractivity contribution < 1.29 is 9.53 Å². The summed E-state index contributed by atoms with van der Waals surface area (Å²) >= 11 is 0. The fraction of sp³-hybridized carbons (Fsp3) is 0.667. The van der Waals surface area contributed by atoms with E-state index < -0.39 is 0 Å².